The Balaban J connectivity index is 2.02. The van der Waals surface area contributed by atoms with Crippen molar-refractivity contribution in [3.8, 4) is 11.3 Å². The molecule has 1 aromatic heterocycles. The van der Waals surface area contributed by atoms with Gasteiger partial charge in [-0.2, -0.15) is 0 Å². The van der Waals surface area contributed by atoms with E-state index in [9.17, 15) is 0 Å². The summed E-state index contributed by atoms with van der Waals surface area (Å²) in [6.07, 6.45) is 0. The van der Waals surface area contributed by atoms with Crippen LogP contribution < -0.4 is 0 Å². The number of hydrogen-bond donors (Lipinski definition) is 0. The van der Waals surface area contributed by atoms with Crippen LogP contribution in [0.1, 0.15) is 5.56 Å². The van der Waals surface area contributed by atoms with E-state index in [1.807, 2.05) is 12.1 Å². The summed E-state index contributed by atoms with van der Waals surface area (Å²) in [6.45, 7) is 2.06. The van der Waals surface area contributed by atoms with E-state index in [1.54, 1.807) is 6.07 Å². The van der Waals surface area contributed by atoms with Gasteiger partial charge in [-0.1, -0.05) is 53.5 Å². The molecule has 112 valence electrons. The molecule has 4 rings (SSSR count). The predicted molar refractivity (Wildman–Crippen MR) is 99.4 cm³/mol. The first-order valence-corrected chi connectivity index (χ1v) is 8.13. The molecule has 0 saturated carbocycles. The van der Waals surface area contributed by atoms with Crippen molar-refractivity contribution < 1.29 is 0 Å². The monoisotopic (exact) mass is 337 g/mol. The smallest absolute Gasteiger partial charge is 0.0753 e. The van der Waals surface area contributed by atoms with Gasteiger partial charge in [0.05, 0.1) is 16.2 Å². The molecule has 0 aliphatic rings. The third kappa shape index (κ3) is 2.46. The first kappa shape index (κ1) is 14.5. The molecule has 0 atom stereocenters. The van der Waals surface area contributed by atoms with Gasteiger partial charge < -0.3 is 0 Å². The SMILES string of the molecule is Cc1cc2c(ccc3ccccc32)nc1-c1ccc(Cl)cc1Cl. The van der Waals surface area contributed by atoms with Gasteiger partial charge in [0.2, 0.25) is 0 Å². The van der Waals surface area contributed by atoms with E-state index in [-0.39, 0.29) is 0 Å². The quantitative estimate of drug-likeness (QED) is 0.353. The number of hydrogen-bond acceptors (Lipinski definition) is 1. The zero-order chi connectivity index (χ0) is 16.0. The Morgan fingerprint density at radius 3 is 2.48 bits per heavy atom. The summed E-state index contributed by atoms with van der Waals surface area (Å²) >= 11 is 12.4. The molecular weight excluding hydrogens is 325 g/mol. The fourth-order valence-corrected chi connectivity index (χ4v) is 3.48. The minimum absolute atomic E-state index is 0.619. The summed E-state index contributed by atoms with van der Waals surface area (Å²) in [7, 11) is 0. The second-order valence-corrected chi connectivity index (χ2v) is 6.48. The van der Waals surface area contributed by atoms with Crippen LogP contribution in [0.3, 0.4) is 0 Å². The Bertz CT molecular complexity index is 1050. The molecule has 0 spiro atoms. The summed E-state index contributed by atoms with van der Waals surface area (Å²) in [5, 5.41) is 4.85. The Kier molecular flexibility index (Phi) is 3.48. The van der Waals surface area contributed by atoms with E-state index in [1.165, 1.54) is 10.8 Å². The number of aryl methyl sites for hydroxylation is 1. The van der Waals surface area contributed by atoms with E-state index in [2.05, 4.69) is 49.4 Å². The largest absolute Gasteiger partial charge is 0.247 e. The second-order valence-electron chi connectivity index (χ2n) is 5.63. The highest BCUT2D eigenvalue weighted by Gasteiger charge is 2.11. The maximum absolute atomic E-state index is 6.36. The van der Waals surface area contributed by atoms with Gasteiger partial charge in [0.25, 0.3) is 0 Å². The molecule has 4 aromatic rings. The highest BCUT2D eigenvalue weighted by molar-refractivity contribution is 6.36. The highest BCUT2D eigenvalue weighted by Crippen LogP contribution is 2.34. The minimum atomic E-state index is 0.619. The third-order valence-electron chi connectivity index (χ3n) is 4.10. The Morgan fingerprint density at radius 2 is 1.65 bits per heavy atom. The van der Waals surface area contributed by atoms with Gasteiger partial charge in [0.1, 0.15) is 0 Å². The van der Waals surface area contributed by atoms with Crippen LogP contribution in [0.15, 0.2) is 60.7 Å². The van der Waals surface area contributed by atoms with Gasteiger partial charge in [-0.05, 0) is 53.6 Å². The van der Waals surface area contributed by atoms with Crippen LogP contribution in [-0.4, -0.2) is 4.98 Å². The molecule has 0 N–H and O–H groups in total. The van der Waals surface area contributed by atoms with Gasteiger partial charge in [-0.25, -0.2) is 4.98 Å². The van der Waals surface area contributed by atoms with E-state index < -0.39 is 0 Å². The number of benzene rings is 3. The van der Waals surface area contributed by atoms with Gasteiger partial charge in [0, 0.05) is 16.0 Å². The van der Waals surface area contributed by atoms with Crippen molar-refractivity contribution in [1.29, 1.82) is 0 Å². The number of nitrogens with zero attached hydrogens (tertiary/aromatic N) is 1. The number of fused-ring (bicyclic) bond motifs is 3. The van der Waals surface area contributed by atoms with Crippen molar-refractivity contribution in [3.05, 3.63) is 76.3 Å². The van der Waals surface area contributed by atoms with Crippen molar-refractivity contribution in [2.75, 3.05) is 0 Å². The fourth-order valence-electron chi connectivity index (χ4n) is 2.98. The number of rotatable bonds is 1. The van der Waals surface area contributed by atoms with Gasteiger partial charge in [0.15, 0.2) is 0 Å². The average molecular weight is 338 g/mol. The predicted octanol–water partition coefficient (Wildman–Crippen LogP) is 6.67. The van der Waals surface area contributed by atoms with Crippen LogP contribution in [0.2, 0.25) is 10.0 Å². The van der Waals surface area contributed by atoms with Crippen molar-refractivity contribution in [3.63, 3.8) is 0 Å². The summed E-state index contributed by atoms with van der Waals surface area (Å²) in [6, 6.07) is 20.2. The number of halogens is 2. The average Bonchev–Trinajstić information content (AvgIpc) is 2.55. The van der Waals surface area contributed by atoms with Crippen molar-refractivity contribution in [1.82, 2.24) is 4.98 Å². The molecule has 0 aliphatic heterocycles. The van der Waals surface area contributed by atoms with E-state index in [0.29, 0.717) is 10.0 Å². The first-order valence-electron chi connectivity index (χ1n) is 7.38. The molecule has 0 fully saturated rings. The lowest BCUT2D eigenvalue weighted by Crippen LogP contribution is -1.92. The molecule has 0 unspecified atom stereocenters. The molecule has 1 heterocycles. The molecular formula is C20H13Cl2N. The summed E-state index contributed by atoms with van der Waals surface area (Å²) in [5.74, 6) is 0. The zero-order valence-electron chi connectivity index (χ0n) is 12.5. The van der Waals surface area contributed by atoms with Crippen LogP contribution in [0.25, 0.3) is 32.9 Å². The fraction of sp³-hybridized carbons (Fsp3) is 0.0500. The molecule has 3 heteroatoms. The summed E-state index contributed by atoms with van der Waals surface area (Å²) in [4.78, 5) is 4.86. The van der Waals surface area contributed by atoms with Gasteiger partial charge in [-0.3, -0.25) is 0 Å². The molecule has 0 bridgehead atoms. The summed E-state index contributed by atoms with van der Waals surface area (Å²) in [5.41, 5.74) is 3.87. The van der Waals surface area contributed by atoms with Crippen LogP contribution in [0.5, 0.6) is 0 Å². The van der Waals surface area contributed by atoms with E-state index >= 15 is 0 Å². The molecule has 23 heavy (non-hydrogen) atoms. The van der Waals surface area contributed by atoms with Crippen molar-refractivity contribution >= 4 is 44.9 Å². The zero-order valence-corrected chi connectivity index (χ0v) is 14.0. The van der Waals surface area contributed by atoms with E-state index in [4.69, 9.17) is 28.2 Å². The first-order chi connectivity index (χ1) is 11.1. The standard InChI is InChI=1S/C20H13Cl2N/c1-12-10-17-15-5-3-2-4-13(15)6-9-19(17)23-20(12)16-8-7-14(21)11-18(16)22/h2-11H,1H3. The topological polar surface area (TPSA) is 12.9 Å². The van der Waals surface area contributed by atoms with E-state index in [0.717, 1.165) is 27.7 Å². The Hall–Kier alpha value is -2.09. The molecule has 3 aromatic carbocycles. The Morgan fingerprint density at radius 1 is 0.826 bits per heavy atom. The van der Waals surface area contributed by atoms with Crippen molar-refractivity contribution in [2.45, 2.75) is 6.92 Å². The maximum atomic E-state index is 6.36. The minimum Gasteiger partial charge on any atom is -0.247 e. The normalized spacial score (nSPS) is 11.3. The lowest BCUT2D eigenvalue weighted by molar-refractivity contribution is 1.33. The number of pyridine rings is 1. The second kappa shape index (κ2) is 5.52. The lowest BCUT2D eigenvalue weighted by atomic mass is 10.0. The molecule has 0 saturated heterocycles. The van der Waals surface area contributed by atoms with Crippen molar-refractivity contribution in [2.24, 2.45) is 0 Å². The number of aromatic nitrogens is 1. The molecule has 1 nitrogen and oxygen atoms in total. The highest BCUT2D eigenvalue weighted by atomic mass is 35.5. The van der Waals surface area contributed by atoms with Gasteiger partial charge >= 0.3 is 0 Å². The van der Waals surface area contributed by atoms with Crippen LogP contribution in [0, 0.1) is 6.92 Å². The van der Waals surface area contributed by atoms with Gasteiger partial charge in [-0.15, -0.1) is 0 Å². The molecule has 0 amide bonds. The lowest BCUT2D eigenvalue weighted by Gasteiger charge is -2.11. The third-order valence-corrected chi connectivity index (χ3v) is 4.65. The van der Waals surface area contributed by atoms with Crippen LogP contribution in [-0.2, 0) is 0 Å². The summed E-state index contributed by atoms with van der Waals surface area (Å²) < 4.78 is 0. The van der Waals surface area contributed by atoms with Crippen LogP contribution >= 0.6 is 23.2 Å². The Labute approximate surface area is 144 Å². The van der Waals surface area contributed by atoms with Crippen LogP contribution in [0.4, 0.5) is 0 Å². The maximum Gasteiger partial charge on any atom is 0.0753 e. The molecule has 0 aliphatic carbocycles. The molecule has 0 radical (unpaired) electrons.